The van der Waals surface area contributed by atoms with Crippen molar-refractivity contribution in [2.24, 2.45) is 15.9 Å². The highest BCUT2D eigenvalue weighted by atomic mass is 35.5. The number of aryl methyl sites for hydroxylation is 1. The van der Waals surface area contributed by atoms with Crippen LogP contribution in [0.5, 0.6) is 0 Å². The summed E-state index contributed by atoms with van der Waals surface area (Å²) in [6.07, 6.45) is 5.52. The summed E-state index contributed by atoms with van der Waals surface area (Å²) in [7, 11) is 0. The van der Waals surface area contributed by atoms with E-state index in [1.807, 2.05) is 24.6 Å². The van der Waals surface area contributed by atoms with E-state index in [2.05, 4.69) is 20.1 Å². The fraction of sp³-hybridized carbons (Fsp3) is 0.222. The highest BCUT2D eigenvalue weighted by molar-refractivity contribution is 6.34. The summed E-state index contributed by atoms with van der Waals surface area (Å²) in [5.74, 6) is 5.19. The molecule has 0 amide bonds. The van der Waals surface area contributed by atoms with Crippen LogP contribution in [0, 0.1) is 12.7 Å². The lowest BCUT2D eigenvalue weighted by Gasteiger charge is -2.17. The molecule has 0 fully saturated rings. The molecule has 0 bridgehead atoms. The van der Waals surface area contributed by atoms with Crippen LogP contribution in [0.2, 0.25) is 5.15 Å². The summed E-state index contributed by atoms with van der Waals surface area (Å²) >= 11 is 6.21. The Balaban J connectivity index is 2.03. The average molecular weight is 373 g/mol. The lowest BCUT2D eigenvalue weighted by Crippen LogP contribution is -2.21. The van der Waals surface area contributed by atoms with Gasteiger partial charge in [-0.3, -0.25) is 4.99 Å². The van der Waals surface area contributed by atoms with Crippen LogP contribution in [0.4, 0.5) is 10.1 Å². The number of benzene rings is 1. The number of aliphatic imine (C=N–C) groups is 1. The van der Waals surface area contributed by atoms with E-state index in [9.17, 15) is 4.39 Å². The maximum absolute atomic E-state index is 13.8. The third-order valence-electron chi connectivity index (χ3n) is 4.15. The molecule has 26 heavy (non-hydrogen) atoms. The van der Waals surface area contributed by atoms with E-state index in [0.717, 1.165) is 10.9 Å². The molecule has 0 aliphatic rings. The number of rotatable bonds is 5. The Morgan fingerprint density at radius 1 is 1.38 bits per heavy atom. The van der Waals surface area contributed by atoms with E-state index in [1.165, 1.54) is 18.6 Å². The van der Waals surface area contributed by atoms with Gasteiger partial charge in [0.25, 0.3) is 0 Å². The Kier molecular flexibility index (Phi) is 5.27. The van der Waals surface area contributed by atoms with Crippen molar-refractivity contribution < 1.29 is 4.39 Å². The number of nitrogens with zero attached hydrogens (tertiary/aromatic N) is 5. The summed E-state index contributed by atoms with van der Waals surface area (Å²) in [6.45, 7) is 3.93. The molecule has 0 aliphatic carbocycles. The lowest BCUT2D eigenvalue weighted by atomic mass is 10.1. The second-order valence-corrected chi connectivity index (χ2v) is 6.13. The highest BCUT2D eigenvalue weighted by Gasteiger charge is 2.20. The molecule has 1 atom stereocenters. The molecule has 3 rings (SSSR count). The van der Waals surface area contributed by atoms with Gasteiger partial charge in [-0.15, -0.1) is 0 Å². The topological polar surface area (TPSA) is 81.5 Å². The minimum Gasteiger partial charge on any atom is -0.323 e. The minimum absolute atomic E-state index is 0.224. The van der Waals surface area contributed by atoms with Gasteiger partial charge in [0, 0.05) is 6.20 Å². The van der Waals surface area contributed by atoms with Crippen molar-refractivity contribution in [1.29, 1.82) is 0 Å². The Bertz CT molecular complexity index is 995. The Morgan fingerprint density at radius 2 is 2.15 bits per heavy atom. The highest BCUT2D eigenvalue weighted by Crippen LogP contribution is 2.29. The quantitative estimate of drug-likeness (QED) is 0.315. The van der Waals surface area contributed by atoms with Crippen molar-refractivity contribution in [3.8, 4) is 0 Å². The van der Waals surface area contributed by atoms with Crippen molar-refractivity contribution in [2.45, 2.75) is 26.3 Å². The third kappa shape index (κ3) is 3.30. The summed E-state index contributed by atoms with van der Waals surface area (Å²) in [6, 6.07) is 6.04. The van der Waals surface area contributed by atoms with Gasteiger partial charge in [-0.25, -0.2) is 14.4 Å². The Morgan fingerprint density at radius 3 is 2.85 bits per heavy atom. The monoisotopic (exact) mass is 372 g/mol. The zero-order chi connectivity index (χ0) is 18.7. The predicted molar refractivity (Wildman–Crippen MR) is 103 cm³/mol. The second-order valence-electron chi connectivity index (χ2n) is 5.77. The first-order valence-corrected chi connectivity index (χ1v) is 8.48. The molecule has 0 radical (unpaired) electrons. The summed E-state index contributed by atoms with van der Waals surface area (Å²) in [5, 5.41) is 5.05. The van der Waals surface area contributed by atoms with E-state index < -0.39 is 5.82 Å². The lowest BCUT2D eigenvalue weighted by molar-refractivity contribution is 0.629. The molecule has 134 valence electrons. The minimum atomic E-state index is -0.407. The fourth-order valence-electron chi connectivity index (χ4n) is 2.91. The van der Waals surface area contributed by atoms with Crippen LogP contribution in [-0.4, -0.2) is 26.5 Å². The average Bonchev–Trinajstić information content (AvgIpc) is 2.97. The Hall–Kier alpha value is -2.80. The number of hydrazone groups is 1. The molecule has 0 saturated heterocycles. The SMILES string of the molecule is CCC(C(C=Nc1ccccc1F)=NN)n1cc(C)c2c(Cl)ncnc21. The van der Waals surface area contributed by atoms with Gasteiger partial charge in [-0.1, -0.05) is 30.7 Å². The maximum Gasteiger partial charge on any atom is 0.148 e. The van der Waals surface area contributed by atoms with E-state index in [0.29, 0.717) is 22.9 Å². The zero-order valence-electron chi connectivity index (χ0n) is 14.4. The normalized spacial score (nSPS) is 13.6. The van der Waals surface area contributed by atoms with Gasteiger partial charge < -0.3 is 10.4 Å². The van der Waals surface area contributed by atoms with Crippen LogP contribution in [0.3, 0.4) is 0 Å². The van der Waals surface area contributed by atoms with Gasteiger partial charge in [0.15, 0.2) is 0 Å². The van der Waals surface area contributed by atoms with E-state index in [4.69, 9.17) is 17.4 Å². The number of halogens is 2. The molecule has 2 N–H and O–H groups in total. The van der Waals surface area contributed by atoms with E-state index in [-0.39, 0.29) is 11.7 Å². The van der Waals surface area contributed by atoms with Crippen molar-refractivity contribution in [2.75, 3.05) is 0 Å². The van der Waals surface area contributed by atoms with Crippen molar-refractivity contribution in [3.63, 3.8) is 0 Å². The molecule has 2 heterocycles. The standard InChI is InChI=1S/C18H18ClFN6/c1-3-15(14(25-21)8-22-13-7-5-4-6-12(13)20)26-9-11(2)16-17(19)23-10-24-18(16)26/h4-10,15H,3,21H2,1-2H3. The number of aromatic nitrogens is 3. The van der Waals surface area contributed by atoms with Crippen LogP contribution >= 0.6 is 11.6 Å². The van der Waals surface area contributed by atoms with Gasteiger partial charge in [-0.2, -0.15) is 5.10 Å². The molecule has 0 spiro atoms. The molecular weight excluding hydrogens is 355 g/mol. The van der Waals surface area contributed by atoms with Crippen LogP contribution < -0.4 is 5.84 Å². The zero-order valence-corrected chi connectivity index (χ0v) is 15.2. The van der Waals surface area contributed by atoms with Crippen molar-refractivity contribution in [3.05, 3.63) is 53.3 Å². The molecule has 2 aromatic heterocycles. The first kappa shape index (κ1) is 18.0. The summed E-state index contributed by atoms with van der Waals surface area (Å²) in [4.78, 5) is 12.6. The van der Waals surface area contributed by atoms with Gasteiger partial charge in [0.05, 0.1) is 23.3 Å². The van der Waals surface area contributed by atoms with Gasteiger partial charge in [0.2, 0.25) is 0 Å². The molecule has 1 unspecified atom stereocenters. The van der Waals surface area contributed by atoms with Crippen LogP contribution in [-0.2, 0) is 0 Å². The molecule has 0 saturated carbocycles. The molecule has 3 aromatic rings. The van der Waals surface area contributed by atoms with Crippen LogP contribution in [0.15, 0.2) is 46.9 Å². The molecule has 0 aliphatic heterocycles. The number of hydrogen-bond donors (Lipinski definition) is 1. The van der Waals surface area contributed by atoms with E-state index in [1.54, 1.807) is 18.2 Å². The van der Waals surface area contributed by atoms with Gasteiger partial charge in [-0.05, 0) is 31.0 Å². The largest absolute Gasteiger partial charge is 0.323 e. The van der Waals surface area contributed by atoms with Crippen LogP contribution in [0.25, 0.3) is 11.0 Å². The number of nitrogens with two attached hydrogens (primary N) is 1. The van der Waals surface area contributed by atoms with Gasteiger partial charge in [0.1, 0.15) is 28.7 Å². The van der Waals surface area contributed by atoms with Crippen molar-refractivity contribution in [1.82, 2.24) is 14.5 Å². The van der Waals surface area contributed by atoms with Crippen LogP contribution in [0.1, 0.15) is 24.9 Å². The van der Waals surface area contributed by atoms with Crippen molar-refractivity contribution >= 4 is 40.2 Å². The second kappa shape index (κ2) is 7.61. The summed E-state index contributed by atoms with van der Waals surface area (Å²) < 4.78 is 15.7. The number of hydrogen-bond acceptors (Lipinski definition) is 5. The van der Waals surface area contributed by atoms with Gasteiger partial charge >= 0.3 is 0 Å². The first-order chi connectivity index (χ1) is 12.6. The number of fused-ring (bicyclic) bond motifs is 1. The Labute approximate surface area is 155 Å². The fourth-order valence-corrected chi connectivity index (χ4v) is 3.19. The molecule has 1 aromatic carbocycles. The third-order valence-corrected chi connectivity index (χ3v) is 4.44. The molecular formula is C18H18ClFN6. The first-order valence-electron chi connectivity index (χ1n) is 8.10. The maximum atomic E-state index is 13.8. The molecule has 8 heteroatoms. The summed E-state index contributed by atoms with van der Waals surface area (Å²) in [5.41, 5.74) is 2.37. The smallest absolute Gasteiger partial charge is 0.148 e. The predicted octanol–water partition coefficient (Wildman–Crippen LogP) is 4.20. The molecule has 6 nitrogen and oxygen atoms in total. The van der Waals surface area contributed by atoms with E-state index >= 15 is 0 Å². The number of para-hydroxylation sites is 1.